The number of carbonyl (C=O) groups excluding carboxylic acids is 4. The van der Waals surface area contributed by atoms with Gasteiger partial charge in [0.05, 0.1) is 23.3 Å². The Kier molecular flexibility index (Phi) is 6.24. The molecule has 31 heavy (non-hydrogen) atoms. The first-order valence-corrected chi connectivity index (χ1v) is 9.05. The maximum atomic E-state index is 12.3. The first-order chi connectivity index (χ1) is 14.8. The van der Waals surface area contributed by atoms with E-state index in [0.717, 1.165) is 4.90 Å². The van der Waals surface area contributed by atoms with Gasteiger partial charge in [-0.05, 0) is 24.3 Å². The van der Waals surface area contributed by atoms with Crippen molar-refractivity contribution in [2.45, 2.75) is 12.8 Å². The summed E-state index contributed by atoms with van der Waals surface area (Å²) in [6.07, 6.45) is 0.203. The van der Waals surface area contributed by atoms with Crippen LogP contribution in [0.2, 0.25) is 0 Å². The summed E-state index contributed by atoms with van der Waals surface area (Å²) in [6.45, 7) is -0.709. The summed E-state index contributed by atoms with van der Waals surface area (Å²) in [5.74, 6) is -2.10. The third kappa shape index (κ3) is 4.83. The Morgan fingerprint density at radius 1 is 1.13 bits per heavy atom. The number of amides is 3. The van der Waals surface area contributed by atoms with E-state index in [4.69, 9.17) is 9.47 Å². The highest BCUT2D eigenvalue weighted by molar-refractivity contribution is 6.20. The molecule has 1 heterocycles. The van der Waals surface area contributed by atoms with Gasteiger partial charge in [0.25, 0.3) is 11.6 Å². The fourth-order valence-corrected chi connectivity index (χ4v) is 2.94. The Morgan fingerprint density at radius 2 is 1.84 bits per heavy atom. The number of imide groups is 1. The predicted molar refractivity (Wildman–Crippen MR) is 107 cm³/mol. The van der Waals surface area contributed by atoms with Crippen LogP contribution in [0.25, 0.3) is 0 Å². The van der Waals surface area contributed by atoms with E-state index in [0.29, 0.717) is 5.75 Å². The highest BCUT2D eigenvalue weighted by atomic mass is 16.6. The molecular weight excluding hydrogens is 410 g/mol. The molecule has 11 nitrogen and oxygen atoms in total. The van der Waals surface area contributed by atoms with E-state index < -0.39 is 23.4 Å². The molecule has 1 saturated heterocycles. The zero-order valence-corrected chi connectivity index (χ0v) is 16.3. The molecule has 0 aromatic heterocycles. The summed E-state index contributed by atoms with van der Waals surface area (Å²) in [4.78, 5) is 59.6. The molecule has 0 spiro atoms. The van der Waals surface area contributed by atoms with Gasteiger partial charge in [0.15, 0.2) is 6.61 Å². The van der Waals surface area contributed by atoms with Crippen molar-refractivity contribution in [1.82, 2.24) is 0 Å². The van der Waals surface area contributed by atoms with Crippen LogP contribution in [-0.2, 0) is 19.1 Å². The van der Waals surface area contributed by atoms with Crippen LogP contribution in [0.5, 0.6) is 5.75 Å². The SMILES string of the molecule is COc1ccc([N+](=O)[O-])c(NC(=O)COC(=O)c2cccc(N3C(=O)CCC3=O)c2)c1. The number of carbonyl (C=O) groups is 4. The van der Waals surface area contributed by atoms with Gasteiger partial charge >= 0.3 is 5.97 Å². The summed E-state index contributed by atoms with van der Waals surface area (Å²) in [7, 11) is 1.37. The molecular formula is C20H17N3O8. The third-order valence-electron chi connectivity index (χ3n) is 4.40. The number of methoxy groups -OCH3 is 1. The lowest BCUT2D eigenvalue weighted by Gasteiger charge is -2.14. The molecule has 0 radical (unpaired) electrons. The number of ether oxygens (including phenoxy) is 2. The number of hydrogen-bond acceptors (Lipinski definition) is 8. The maximum Gasteiger partial charge on any atom is 0.338 e. The van der Waals surface area contributed by atoms with Crippen molar-refractivity contribution in [3.63, 3.8) is 0 Å². The van der Waals surface area contributed by atoms with Gasteiger partial charge in [-0.1, -0.05) is 6.07 Å². The van der Waals surface area contributed by atoms with Crippen molar-refractivity contribution in [3.05, 3.63) is 58.1 Å². The van der Waals surface area contributed by atoms with Gasteiger partial charge in [0.2, 0.25) is 11.8 Å². The van der Waals surface area contributed by atoms with Crippen LogP contribution in [0.15, 0.2) is 42.5 Å². The molecule has 2 aromatic carbocycles. The molecule has 1 aliphatic heterocycles. The van der Waals surface area contributed by atoms with E-state index in [1.807, 2.05) is 0 Å². The first kappa shape index (κ1) is 21.4. The molecule has 0 aliphatic carbocycles. The van der Waals surface area contributed by atoms with Crippen molar-refractivity contribution in [3.8, 4) is 5.75 Å². The molecule has 1 N–H and O–H groups in total. The Balaban J connectivity index is 1.66. The van der Waals surface area contributed by atoms with E-state index in [1.165, 1.54) is 49.6 Å². The molecule has 160 valence electrons. The molecule has 0 saturated carbocycles. The molecule has 1 fully saturated rings. The Labute approximate surface area is 175 Å². The second kappa shape index (κ2) is 9.03. The maximum absolute atomic E-state index is 12.3. The average molecular weight is 427 g/mol. The summed E-state index contributed by atoms with van der Waals surface area (Å²) >= 11 is 0. The van der Waals surface area contributed by atoms with Crippen LogP contribution >= 0.6 is 0 Å². The Morgan fingerprint density at radius 3 is 2.48 bits per heavy atom. The number of benzene rings is 2. The van der Waals surface area contributed by atoms with E-state index in [9.17, 15) is 29.3 Å². The molecule has 0 atom stereocenters. The minimum absolute atomic E-state index is 0.0326. The van der Waals surface area contributed by atoms with Crippen molar-refractivity contribution in [1.29, 1.82) is 0 Å². The smallest absolute Gasteiger partial charge is 0.338 e. The van der Waals surface area contributed by atoms with E-state index >= 15 is 0 Å². The van der Waals surface area contributed by atoms with E-state index in [1.54, 1.807) is 0 Å². The topological polar surface area (TPSA) is 145 Å². The van der Waals surface area contributed by atoms with Crippen LogP contribution in [0.4, 0.5) is 17.1 Å². The zero-order valence-electron chi connectivity index (χ0n) is 16.3. The predicted octanol–water partition coefficient (Wildman–Crippen LogP) is 2.05. The van der Waals surface area contributed by atoms with Gasteiger partial charge in [-0.3, -0.25) is 29.4 Å². The van der Waals surface area contributed by atoms with Crippen molar-refractivity contribution in [2.75, 3.05) is 23.9 Å². The second-order valence-electron chi connectivity index (χ2n) is 6.44. The van der Waals surface area contributed by atoms with Crippen LogP contribution in [-0.4, -0.2) is 42.3 Å². The molecule has 0 unspecified atom stereocenters. The fourth-order valence-electron chi connectivity index (χ4n) is 2.94. The number of nitrogens with one attached hydrogen (secondary N) is 1. The number of hydrogen-bond donors (Lipinski definition) is 1. The minimum atomic E-state index is -0.865. The molecule has 1 aliphatic rings. The summed E-state index contributed by atoms with van der Waals surface area (Å²) in [5.41, 5.74) is -0.199. The quantitative estimate of drug-likeness (QED) is 0.306. The number of esters is 1. The Bertz CT molecular complexity index is 1070. The standard InChI is InChI=1S/C20H17N3O8/c1-30-14-5-6-16(23(28)29)15(10-14)21-17(24)11-31-20(27)12-3-2-4-13(9-12)22-18(25)7-8-19(22)26/h2-6,9-10H,7-8,11H2,1H3,(H,21,24). The van der Waals surface area contributed by atoms with Gasteiger partial charge < -0.3 is 14.8 Å². The number of nitro groups is 1. The van der Waals surface area contributed by atoms with Crippen LogP contribution in [0.1, 0.15) is 23.2 Å². The van der Waals surface area contributed by atoms with Crippen LogP contribution in [0, 0.1) is 10.1 Å². The number of anilines is 2. The third-order valence-corrected chi connectivity index (χ3v) is 4.40. The summed E-state index contributed by atoms with van der Waals surface area (Å²) < 4.78 is 9.93. The van der Waals surface area contributed by atoms with E-state index in [-0.39, 0.29) is 47.3 Å². The van der Waals surface area contributed by atoms with Crippen molar-refractivity contribution < 1.29 is 33.6 Å². The van der Waals surface area contributed by atoms with Gasteiger partial charge in [-0.25, -0.2) is 4.79 Å². The highest BCUT2D eigenvalue weighted by Gasteiger charge is 2.30. The summed E-state index contributed by atoms with van der Waals surface area (Å²) in [6, 6.07) is 9.52. The molecule has 2 aromatic rings. The molecule has 0 bridgehead atoms. The largest absolute Gasteiger partial charge is 0.497 e. The van der Waals surface area contributed by atoms with Gasteiger partial charge in [0.1, 0.15) is 11.4 Å². The monoisotopic (exact) mass is 427 g/mol. The van der Waals surface area contributed by atoms with Crippen LogP contribution < -0.4 is 15.0 Å². The Hall–Kier alpha value is -4.28. The van der Waals surface area contributed by atoms with Gasteiger partial charge in [-0.2, -0.15) is 0 Å². The molecule has 11 heteroatoms. The lowest BCUT2D eigenvalue weighted by molar-refractivity contribution is -0.383. The lowest BCUT2D eigenvalue weighted by Crippen LogP contribution is -2.28. The van der Waals surface area contributed by atoms with Crippen LogP contribution in [0.3, 0.4) is 0 Å². The van der Waals surface area contributed by atoms with Gasteiger partial charge in [0, 0.05) is 25.0 Å². The normalized spacial score (nSPS) is 13.1. The van der Waals surface area contributed by atoms with E-state index in [2.05, 4.69) is 5.32 Å². The van der Waals surface area contributed by atoms with Crippen molar-refractivity contribution >= 4 is 40.8 Å². The summed E-state index contributed by atoms with van der Waals surface area (Å²) in [5, 5.41) is 13.4. The highest BCUT2D eigenvalue weighted by Crippen LogP contribution is 2.29. The minimum Gasteiger partial charge on any atom is -0.497 e. The van der Waals surface area contributed by atoms with Gasteiger partial charge in [-0.15, -0.1) is 0 Å². The number of nitrogens with zero attached hydrogens (tertiary/aromatic N) is 2. The second-order valence-corrected chi connectivity index (χ2v) is 6.44. The molecule has 3 rings (SSSR count). The average Bonchev–Trinajstić information content (AvgIpc) is 3.09. The number of nitro benzene ring substituents is 1. The number of rotatable bonds is 7. The fraction of sp³-hybridized carbons (Fsp3) is 0.200. The lowest BCUT2D eigenvalue weighted by atomic mass is 10.2. The zero-order chi connectivity index (χ0) is 22.5. The van der Waals surface area contributed by atoms with Crippen molar-refractivity contribution in [2.24, 2.45) is 0 Å². The first-order valence-electron chi connectivity index (χ1n) is 9.05. The molecule has 3 amide bonds.